The lowest BCUT2D eigenvalue weighted by atomic mass is 9.84. The molecule has 3 aliphatic heterocycles. The third-order valence-electron chi connectivity index (χ3n) is 9.36. The number of carboxylic acid groups (broad SMARTS) is 1. The van der Waals surface area contributed by atoms with Crippen LogP contribution in [-0.2, 0) is 30.4 Å². The third-order valence-corrected chi connectivity index (χ3v) is 11.6. The van der Waals surface area contributed by atoms with Crippen LogP contribution in [0.15, 0.2) is 59.5 Å². The van der Waals surface area contributed by atoms with Gasteiger partial charge in [0.2, 0.25) is 15.9 Å². The first kappa shape index (κ1) is 36.3. The maximum Gasteiger partial charge on any atom is 0.336 e. The van der Waals surface area contributed by atoms with Gasteiger partial charge in [0.1, 0.15) is 31.0 Å². The molecule has 0 saturated heterocycles. The number of aromatic carboxylic acids is 1. The molecular weight excluding hydrogens is 725 g/mol. The van der Waals surface area contributed by atoms with Crippen LogP contribution in [0.1, 0.15) is 60.3 Å². The van der Waals surface area contributed by atoms with E-state index >= 15 is 0 Å². The molecule has 14 nitrogen and oxygen atoms in total. The molecule has 51 heavy (non-hydrogen) atoms. The number of hydrogen-bond donors (Lipinski definition) is 4. The summed E-state index contributed by atoms with van der Waals surface area (Å²) in [5.74, 6) is -3.45. The maximum absolute atomic E-state index is 13.4. The molecular formula is C34H34N2O12S3+2. The van der Waals surface area contributed by atoms with Gasteiger partial charge in [-0.3, -0.25) is 13.7 Å². The number of rotatable bonds is 7. The van der Waals surface area contributed by atoms with E-state index in [1.165, 1.54) is 41.0 Å². The van der Waals surface area contributed by atoms with Crippen molar-refractivity contribution in [3.8, 4) is 11.5 Å². The molecule has 3 aromatic rings. The van der Waals surface area contributed by atoms with E-state index < -0.39 is 69.6 Å². The molecule has 3 aromatic carbocycles. The Morgan fingerprint density at radius 1 is 0.804 bits per heavy atom. The standard InChI is InChI=1S/C34H32N2O12S3/c1-33(2)14-18(16-49(39,40)41)22-11-24-27(13-26(22)35(33)5)48-30-25(28(24)20-9-7-8-10-21(20)32(37)38)12-23-19(17-50(42,43)44)15-34(3,4)36(6)29(23)31(30)51(45,46)47/h7-15H,6,16-17H2,1-5H3,(H2-2,37,38,39,40,41,42,43,44,45,46,47)/p+2. The van der Waals surface area contributed by atoms with Crippen molar-refractivity contribution in [2.75, 3.05) is 18.6 Å². The van der Waals surface area contributed by atoms with Gasteiger partial charge in [-0.25, -0.2) is 9.37 Å². The van der Waals surface area contributed by atoms with Gasteiger partial charge in [-0.1, -0.05) is 18.2 Å². The van der Waals surface area contributed by atoms with Crippen molar-refractivity contribution < 1.29 is 58.1 Å². The zero-order valence-corrected chi connectivity index (χ0v) is 30.4. The minimum absolute atomic E-state index is 0.0106. The number of hydrogen-bond acceptors (Lipinski definition) is 8. The van der Waals surface area contributed by atoms with Crippen molar-refractivity contribution in [1.29, 1.82) is 0 Å². The summed E-state index contributed by atoms with van der Waals surface area (Å²) in [6.07, 6.45) is 3.14. The average Bonchev–Trinajstić information content (AvgIpc) is 2.97. The van der Waals surface area contributed by atoms with Gasteiger partial charge < -0.3 is 9.84 Å². The first-order valence-corrected chi connectivity index (χ1v) is 19.9. The molecule has 0 unspecified atom stereocenters. The number of benzene rings is 3. The van der Waals surface area contributed by atoms with Gasteiger partial charge in [-0.2, -0.15) is 29.8 Å². The van der Waals surface area contributed by atoms with Crippen LogP contribution in [0.3, 0.4) is 0 Å². The number of carbonyl (C=O) groups is 1. The van der Waals surface area contributed by atoms with Crippen LogP contribution in [0.5, 0.6) is 11.5 Å². The molecule has 0 bridgehead atoms. The van der Waals surface area contributed by atoms with Crippen molar-refractivity contribution >= 4 is 65.4 Å². The molecule has 0 spiro atoms. The second kappa shape index (κ2) is 11.5. The van der Waals surface area contributed by atoms with E-state index in [2.05, 4.69) is 6.72 Å². The lowest BCUT2D eigenvalue weighted by Crippen LogP contribution is -2.47. The Bertz CT molecular complexity index is 2690. The van der Waals surface area contributed by atoms with E-state index in [1.54, 1.807) is 53.0 Å². The highest BCUT2D eigenvalue weighted by Crippen LogP contribution is 2.51. The number of carboxylic acids is 1. The highest BCUT2D eigenvalue weighted by Gasteiger charge is 2.46. The summed E-state index contributed by atoms with van der Waals surface area (Å²) in [5.41, 5.74) is -1.81. The van der Waals surface area contributed by atoms with Gasteiger partial charge in [0, 0.05) is 44.1 Å². The van der Waals surface area contributed by atoms with E-state index in [9.17, 15) is 48.8 Å². The quantitative estimate of drug-likeness (QED) is 0.158. The van der Waals surface area contributed by atoms with Gasteiger partial charge in [0.15, 0.2) is 16.8 Å². The van der Waals surface area contributed by atoms with Crippen molar-refractivity contribution in [3.05, 3.63) is 93.0 Å². The second-order valence-corrected chi connectivity index (χ2v) is 18.0. The summed E-state index contributed by atoms with van der Waals surface area (Å²) in [5, 5.41) is 10.9. The summed E-state index contributed by atoms with van der Waals surface area (Å²) < 4.78 is 116. The van der Waals surface area contributed by atoms with Crippen molar-refractivity contribution in [2.24, 2.45) is 0 Å². The van der Waals surface area contributed by atoms with Crippen LogP contribution >= 0.6 is 0 Å². The minimum atomic E-state index is -5.24. The Balaban J connectivity index is 1.88. The average molecular weight is 759 g/mol. The molecule has 3 aliphatic rings. The van der Waals surface area contributed by atoms with Crippen molar-refractivity contribution in [1.82, 2.24) is 4.58 Å². The van der Waals surface area contributed by atoms with Crippen LogP contribution < -0.4 is 19.9 Å². The number of nitrogens with zero attached hydrogens (tertiary/aromatic N) is 2. The fraction of sp³-hybridized carbons (Fsp3) is 0.265. The zero-order valence-electron chi connectivity index (χ0n) is 28.0. The van der Waals surface area contributed by atoms with Gasteiger partial charge in [-0.05, 0) is 47.1 Å². The molecule has 0 aliphatic carbocycles. The lowest BCUT2D eigenvalue weighted by Gasteiger charge is -2.31. The van der Waals surface area contributed by atoms with E-state index in [4.69, 9.17) is 4.74 Å². The topological polar surface area (TPSA) is 216 Å². The fourth-order valence-corrected chi connectivity index (χ4v) is 9.01. The van der Waals surface area contributed by atoms with Crippen LogP contribution in [0.25, 0.3) is 16.7 Å². The number of likely N-dealkylation sites (N-methyl/N-ethyl adjacent to an activating group) is 1. The summed E-state index contributed by atoms with van der Waals surface area (Å²) in [6.45, 7) is 10.8. The molecule has 0 fully saturated rings. The molecule has 6 rings (SSSR count). The number of fused-ring (bicyclic) bond motifs is 4. The Kier molecular flexibility index (Phi) is 8.18. The van der Waals surface area contributed by atoms with Crippen LogP contribution in [0.4, 0.5) is 5.69 Å². The van der Waals surface area contributed by atoms with E-state index in [-0.39, 0.29) is 55.6 Å². The van der Waals surface area contributed by atoms with Crippen LogP contribution in [-0.4, -0.2) is 90.9 Å². The fourth-order valence-electron chi connectivity index (χ4n) is 6.90. The Hall–Kier alpha value is -4.52. The molecule has 0 saturated carbocycles. The van der Waals surface area contributed by atoms with Gasteiger partial charge in [0.25, 0.3) is 20.2 Å². The third kappa shape index (κ3) is 6.34. The first-order valence-electron chi connectivity index (χ1n) is 15.2. The van der Waals surface area contributed by atoms with Crippen LogP contribution in [0.2, 0.25) is 0 Å². The largest absolute Gasteiger partial charge is 0.478 e. The summed E-state index contributed by atoms with van der Waals surface area (Å²) >= 11 is 0. The normalized spacial score (nSPS) is 17.7. The molecule has 17 heteroatoms. The first-order chi connectivity index (χ1) is 23.3. The summed E-state index contributed by atoms with van der Waals surface area (Å²) in [7, 11) is -12.7. The van der Waals surface area contributed by atoms with Gasteiger partial charge >= 0.3 is 16.1 Å². The van der Waals surface area contributed by atoms with Gasteiger partial charge in [0.05, 0.1) is 22.8 Å². The Morgan fingerprint density at radius 2 is 1.37 bits per heavy atom. The van der Waals surface area contributed by atoms with E-state index in [0.717, 1.165) is 0 Å². The monoisotopic (exact) mass is 758 g/mol. The predicted octanol–water partition coefficient (Wildman–Crippen LogP) is 2.58. The zero-order chi connectivity index (χ0) is 37.8. The van der Waals surface area contributed by atoms with E-state index in [0.29, 0.717) is 10.9 Å². The molecule has 0 aromatic heterocycles. The molecule has 268 valence electrons. The molecule has 0 atom stereocenters. The van der Waals surface area contributed by atoms with Crippen LogP contribution in [0, 0.1) is 0 Å². The maximum atomic E-state index is 13.4. The van der Waals surface area contributed by atoms with E-state index in [1.807, 2.05) is 4.58 Å². The molecule has 3 heterocycles. The van der Waals surface area contributed by atoms with Gasteiger partial charge in [-0.15, -0.1) is 0 Å². The van der Waals surface area contributed by atoms with Crippen molar-refractivity contribution in [2.45, 2.75) is 43.7 Å². The highest BCUT2D eigenvalue weighted by molar-refractivity contribution is 7.86. The Morgan fingerprint density at radius 3 is 1.94 bits per heavy atom. The molecule has 0 radical (unpaired) electrons. The summed E-state index contributed by atoms with van der Waals surface area (Å²) in [6, 6.07) is 10.3. The number of ether oxygens (including phenoxy) is 1. The Labute approximate surface area is 293 Å². The second-order valence-electron chi connectivity index (χ2n) is 13.7. The summed E-state index contributed by atoms with van der Waals surface area (Å²) in [4.78, 5) is 11.8. The SMILES string of the molecule is C=[N+]1c2c(cc3c(c2S(=O)(=O)O)Oc2cc4c(cc2=C3c2ccccc2C(=O)O)C(CS(=O)(=O)O)=CC(C)(C)[N+]=4C)C(CS(=O)(=O)O)=CC1(C)C. The lowest BCUT2D eigenvalue weighted by molar-refractivity contribution is -0.504. The smallest absolute Gasteiger partial charge is 0.336 e. The highest BCUT2D eigenvalue weighted by atomic mass is 32.2. The molecule has 0 amide bonds. The molecule has 4 N–H and O–H groups in total. The van der Waals surface area contributed by atoms with Crippen molar-refractivity contribution in [3.63, 3.8) is 0 Å². The minimum Gasteiger partial charge on any atom is -0.478 e. The predicted molar refractivity (Wildman–Crippen MR) is 188 cm³/mol.